The van der Waals surface area contributed by atoms with E-state index in [4.69, 9.17) is 10.9 Å². The van der Waals surface area contributed by atoms with Crippen molar-refractivity contribution in [2.24, 2.45) is 10.9 Å². The van der Waals surface area contributed by atoms with E-state index >= 15 is 0 Å². The molecule has 1 aromatic rings. The average Bonchev–Trinajstić information content (AvgIpc) is 2.38. The second kappa shape index (κ2) is 4.99. The molecule has 0 aliphatic carbocycles. The van der Waals surface area contributed by atoms with Gasteiger partial charge < -0.3 is 15.8 Å². The molecular weight excluding hydrogens is 218 g/mol. The van der Waals surface area contributed by atoms with E-state index in [1.807, 2.05) is 0 Å². The Bertz CT molecular complexity index is 420. The number of nitrogens with two attached hydrogens (primary N) is 1. The summed E-state index contributed by atoms with van der Waals surface area (Å²) >= 11 is 0. The number of nitrogens with zero attached hydrogens (tertiary/aromatic N) is 4. The van der Waals surface area contributed by atoms with Crippen molar-refractivity contribution in [3.63, 3.8) is 0 Å². The highest BCUT2D eigenvalue weighted by Gasteiger charge is 2.23. The summed E-state index contributed by atoms with van der Waals surface area (Å²) in [5, 5.41) is 11.8. The maximum Gasteiger partial charge on any atom is 0.192 e. The standard InChI is InChI=1S/C11H17N5O/c1-8-4-2-3-7-16(8)11-9(10(12)15-17)13-5-6-14-11/h5-6,8,17H,2-4,7H2,1H3,(H2,12,15). The van der Waals surface area contributed by atoms with Crippen LogP contribution in [0, 0.1) is 0 Å². The first-order valence-electron chi connectivity index (χ1n) is 5.79. The lowest BCUT2D eigenvalue weighted by Crippen LogP contribution is -2.39. The Labute approximate surface area is 100 Å². The van der Waals surface area contributed by atoms with Crippen molar-refractivity contribution in [3.05, 3.63) is 18.1 Å². The Morgan fingerprint density at radius 3 is 2.94 bits per heavy atom. The molecule has 1 fully saturated rings. The number of amidine groups is 1. The molecule has 0 radical (unpaired) electrons. The number of oxime groups is 1. The molecule has 1 saturated heterocycles. The highest BCUT2D eigenvalue weighted by molar-refractivity contribution is 5.99. The molecule has 2 heterocycles. The highest BCUT2D eigenvalue weighted by atomic mass is 16.4. The van der Waals surface area contributed by atoms with E-state index in [0.29, 0.717) is 17.6 Å². The molecule has 0 saturated carbocycles. The molecular formula is C11H17N5O. The topological polar surface area (TPSA) is 87.6 Å². The normalized spacial score (nSPS) is 21.6. The second-order valence-electron chi connectivity index (χ2n) is 4.25. The summed E-state index contributed by atoms with van der Waals surface area (Å²) in [6.45, 7) is 3.09. The number of piperidine rings is 1. The van der Waals surface area contributed by atoms with Crippen LogP contribution in [0.3, 0.4) is 0 Å². The van der Waals surface area contributed by atoms with E-state index in [-0.39, 0.29) is 5.84 Å². The van der Waals surface area contributed by atoms with Crippen LogP contribution >= 0.6 is 0 Å². The van der Waals surface area contributed by atoms with Crippen LogP contribution in [0.2, 0.25) is 0 Å². The van der Waals surface area contributed by atoms with Crippen molar-refractivity contribution in [1.29, 1.82) is 0 Å². The van der Waals surface area contributed by atoms with Gasteiger partial charge in [0.05, 0.1) is 0 Å². The molecule has 1 atom stereocenters. The van der Waals surface area contributed by atoms with Crippen molar-refractivity contribution in [3.8, 4) is 0 Å². The van der Waals surface area contributed by atoms with E-state index in [1.165, 1.54) is 6.42 Å². The van der Waals surface area contributed by atoms with Gasteiger partial charge in [-0.05, 0) is 26.2 Å². The lowest BCUT2D eigenvalue weighted by molar-refractivity contribution is 0.318. The maximum absolute atomic E-state index is 8.75. The number of anilines is 1. The van der Waals surface area contributed by atoms with Crippen LogP contribution in [-0.4, -0.2) is 33.6 Å². The molecule has 0 amide bonds. The summed E-state index contributed by atoms with van der Waals surface area (Å²) in [7, 11) is 0. The molecule has 17 heavy (non-hydrogen) atoms. The molecule has 1 aromatic heterocycles. The van der Waals surface area contributed by atoms with Crippen LogP contribution in [0.1, 0.15) is 31.9 Å². The average molecular weight is 235 g/mol. The third kappa shape index (κ3) is 2.30. The molecule has 3 N–H and O–H groups in total. The molecule has 1 unspecified atom stereocenters. The number of rotatable bonds is 2. The minimum Gasteiger partial charge on any atom is -0.409 e. The Hall–Kier alpha value is -1.85. The Morgan fingerprint density at radius 1 is 1.47 bits per heavy atom. The molecule has 0 spiro atoms. The third-order valence-corrected chi connectivity index (χ3v) is 3.10. The lowest BCUT2D eigenvalue weighted by atomic mass is 10.0. The molecule has 1 aliphatic heterocycles. The first kappa shape index (κ1) is 11.6. The van der Waals surface area contributed by atoms with Gasteiger partial charge in [0.1, 0.15) is 0 Å². The van der Waals surface area contributed by atoms with E-state index in [9.17, 15) is 0 Å². The van der Waals surface area contributed by atoms with Crippen molar-refractivity contribution < 1.29 is 5.21 Å². The van der Waals surface area contributed by atoms with Crippen molar-refractivity contribution in [1.82, 2.24) is 9.97 Å². The zero-order valence-electron chi connectivity index (χ0n) is 9.87. The quantitative estimate of drug-likeness (QED) is 0.345. The number of hydrogen-bond acceptors (Lipinski definition) is 5. The van der Waals surface area contributed by atoms with Crippen LogP contribution < -0.4 is 10.6 Å². The third-order valence-electron chi connectivity index (χ3n) is 3.10. The Morgan fingerprint density at radius 2 is 2.24 bits per heavy atom. The molecule has 92 valence electrons. The molecule has 2 rings (SSSR count). The van der Waals surface area contributed by atoms with Crippen molar-refractivity contribution >= 4 is 11.7 Å². The van der Waals surface area contributed by atoms with Gasteiger partial charge >= 0.3 is 0 Å². The van der Waals surface area contributed by atoms with Gasteiger partial charge in [-0.25, -0.2) is 9.97 Å². The summed E-state index contributed by atoms with van der Waals surface area (Å²) in [5.74, 6) is 0.709. The Balaban J connectivity index is 2.37. The van der Waals surface area contributed by atoms with Gasteiger partial charge in [0.2, 0.25) is 0 Å². The van der Waals surface area contributed by atoms with Gasteiger partial charge in [-0.2, -0.15) is 0 Å². The SMILES string of the molecule is CC1CCCCN1c1nccnc1C(N)=NO. The van der Waals surface area contributed by atoms with E-state index in [2.05, 4.69) is 26.9 Å². The van der Waals surface area contributed by atoms with Gasteiger partial charge in [0, 0.05) is 25.0 Å². The monoisotopic (exact) mass is 235 g/mol. The molecule has 6 nitrogen and oxygen atoms in total. The first-order valence-corrected chi connectivity index (χ1v) is 5.79. The van der Waals surface area contributed by atoms with Crippen molar-refractivity contribution in [2.45, 2.75) is 32.2 Å². The lowest BCUT2D eigenvalue weighted by Gasteiger charge is -2.34. The zero-order chi connectivity index (χ0) is 12.3. The zero-order valence-corrected chi connectivity index (χ0v) is 9.87. The number of hydrogen-bond donors (Lipinski definition) is 2. The molecule has 1 aliphatic rings. The first-order chi connectivity index (χ1) is 8.24. The summed E-state index contributed by atoms with van der Waals surface area (Å²) in [4.78, 5) is 10.6. The smallest absolute Gasteiger partial charge is 0.192 e. The van der Waals surface area contributed by atoms with Gasteiger partial charge in [-0.1, -0.05) is 5.16 Å². The fourth-order valence-corrected chi connectivity index (χ4v) is 2.18. The predicted octanol–water partition coefficient (Wildman–Crippen LogP) is 0.950. The maximum atomic E-state index is 8.75. The van der Waals surface area contributed by atoms with Gasteiger partial charge in [0.15, 0.2) is 17.3 Å². The summed E-state index contributed by atoms with van der Waals surface area (Å²) in [5.41, 5.74) is 6.07. The van der Waals surface area contributed by atoms with Crippen LogP contribution in [0.5, 0.6) is 0 Å². The highest BCUT2D eigenvalue weighted by Crippen LogP contribution is 2.24. The second-order valence-corrected chi connectivity index (χ2v) is 4.25. The van der Waals surface area contributed by atoms with E-state index in [1.54, 1.807) is 12.4 Å². The van der Waals surface area contributed by atoms with Crippen LogP contribution in [-0.2, 0) is 0 Å². The molecule has 6 heteroatoms. The number of aromatic nitrogens is 2. The Kier molecular flexibility index (Phi) is 3.41. The molecule has 0 aromatic carbocycles. The van der Waals surface area contributed by atoms with Crippen LogP contribution in [0.15, 0.2) is 17.5 Å². The summed E-state index contributed by atoms with van der Waals surface area (Å²) < 4.78 is 0. The summed E-state index contributed by atoms with van der Waals surface area (Å²) in [6.07, 6.45) is 6.68. The van der Waals surface area contributed by atoms with Crippen molar-refractivity contribution in [2.75, 3.05) is 11.4 Å². The van der Waals surface area contributed by atoms with Crippen LogP contribution in [0.4, 0.5) is 5.82 Å². The van der Waals surface area contributed by atoms with Crippen LogP contribution in [0.25, 0.3) is 0 Å². The fraction of sp³-hybridized carbons (Fsp3) is 0.545. The van der Waals surface area contributed by atoms with E-state index in [0.717, 1.165) is 19.4 Å². The predicted molar refractivity (Wildman–Crippen MR) is 65.2 cm³/mol. The minimum atomic E-state index is 0.00544. The van der Waals surface area contributed by atoms with Gasteiger partial charge in [0.25, 0.3) is 0 Å². The minimum absolute atomic E-state index is 0.00544. The fourth-order valence-electron chi connectivity index (χ4n) is 2.18. The van der Waals surface area contributed by atoms with Gasteiger partial charge in [-0.3, -0.25) is 0 Å². The summed E-state index contributed by atoms with van der Waals surface area (Å²) in [6, 6.07) is 0.408. The molecule has 0 bridgehead atoms. The largest absolute Gasteiger partial charge is 0.409 e. The van der Waals surface area contributed by atoms with E-state index < -0.39 is 0 Å². The van der Waals surface area contributed by atoms with Gasteiger partial charge in [-0.15, -0.1) is 0 Å².